The molecule has 1 aromatic heterocycles. The molecule has 0 saturated heterocycles. The third kappa shape index (κ3) is 4.68. The quantitative estimate of drug-likeness (QED) is 0.850. The monoisotopic (exact) mass is 329 g/mol. The predicted octanol–water partition coefficient (Wildman–Crippen LogP) is 1.89. The zero-order valence-electron chi connectivity index (χ0n) is 14.5. The highest BCUT2D eigenvalue weighted by Gasteiger charge is 2.13. The molecule has 1 aromatic carbocycles. The van der Waals surface area contributed by atoms with Crippen LogP contribution in [-0.2, 0) is 12.5 Å². The number of amides is 1. The number of rotatable bonds is 5. The summed E-state index contributed by atoms with van der Waals surface area (Å²) in [6.07, 6.45) is 0. The van der Waals surface area contributed by atoms with Crippen LogP contribution in [0.4, 0.5) is 0 Å². The summed E-state index contributed by atoms with van der Waals surface area (Å²) in [7, 11) is 1.50. The van der Waals surface area contributed by atoms with Gasteiger partial charge in [-0.15, -0.1) is 0 Å². The molecule has 0 saturated carbocycles. The third-order valence-electron chi connectivity index (χ3n) is 3.57. The van der Waals surface area contributed by atoms with Crippen molar-refractivity contribution in [2.45, 2.75) is 26.2 Å². The van der Waals surface area contributed by atoms with Crippen molar-refractivity contribution in [1.29, 1.82) is 0 Å². The molecule has 2 rings (SSSR count). The highest BCUT2D eigenvalue weighted by molar-refractivity contribution is 5.91. The minimum Gasteiger partial charge on any atom is -0.492 e. The minimum atomic E-state index is -0.336. The van der Waals surface area contributed by atoms with E-state index < -0.39 is 0 Å². The van der Waals surface area contributed by atoms with Crippen molar-refractivity contribution in [1.82, 2.24) is 15.1 Å². The van der Waals surface area contributed by atoms with E-state index >= 15 is 0 Å². The first-order valence-electron chi connectivity index (χ1n) is 7.83. The van der Waals surface area contributed by atoms with Gasteiger partial charge in [-0.1, -0.05) is 32.9 Å². The van der Waals surface area contributed by atoms with Crippen LogP contribution >= 0.6 is 0 Å². The fourth-order valence-electron chi connectivity index (χ4n) is 2.10. The molecule has 6 heteroatoms. The van der Waals surface area contributed by atoms with Crippen LogP contribution in [0.25, 0.3) is 0 Å². The van der Waals surface area contributed by atoms with Crippen LogP contribution < -0.4 is 15.6 Å². The second-order valence-corrected chi connectivity index (χ2v) is 6.56. The smallest absolute Gasteiger partial charge is 0.271 e. The number of aryl methyl sites for hydroxylation is 1. The molecule has 0 spiro atoms. The fourth-order valence-corrected chi connectivity index (χ4v) is 2.10. The Labute approximate surface area is 141 Å². The molecule has 1 amide bonds. The van der Waals surface area contributed by atoms with Gasteiger partial charge in [-0.3, -0.25) is 9.59 Å². The SMILES string of the molecule is Cn1nc(C(=O)NCCOc2ccc(C(C)(C)C)cc2)ccc1=O. The van der Waals surface area contributed by atoms with Gasteiger partial charge < -0.3 is 10.1 Å². The summed E-state index contributed by atoms with van der Waals surface area (Å²) in [5, 5.41) is 6.60. The van der Waals surface area contributed by atoms with Gasteiger partial charge in [0.1, 0.15) is 18.1 Å². The van der Waals surface area contributed by atoms with Crippen LogP contribution in [0.2, 0.25) is 0 Å². The summed E-state index contributed by atoms with van der Waals surface area (Å²) in [4.78, 5) is 23.2. The number of nitrogens with zero attached hydrogens (tertiary/aromatic N) is 2. The molecule has 6 nitrogen and oxygen atoms in total. The first-order valence-corrected chi connectivity index (χ1v) is 7.83. The molecule has 0 fully saturated rings. The van der Waals surface area contributed by atoms with Crippen molar-refractivity contribution in [2.24, 2.45) is 7.05 Å². The number of hydrogen-bond donors (Lipinski definition) is 1. The summed E-state index contributed by atoms with van der Waals surface area (Å²) in [5.74, 6) is 0.426. The lowest BCUT2D eigenvalue weighted by molar-refractivity contribution is 0.0939. The normalized spacial score (nSPS) is 11.2. The molecule has 1 N–H and O–H groups in total. The van der Waals surface area contributed by atoms with Gasteiger partial charge in [0.25, 0.3) is 11.5 Å². The van der Waals surface area contributed by atoms with E-state index in [0.717, 1.165) is 10.4 Å². The lowest BCUT2D eigenvalue weighted by atomic mass is 9.87. The number of aromatic nitrogens is 2. The zero-order valence-corrected chi connectivity index (χ0v) is 14.5. The van der Waals surface area contributed by atoms with Gasteiger partial charge in [-0.2, -0.15) is 5.10 Å². The molecule has 24 heavy (non-hydrogen) atoms. The summed E-state index contributed by atoms with van der Waals surface area (Å²) >= 11 is 0. The van der Waals surface area contributed by atoms with E-state index in [0.29, 0.717) is 13.2 Å². The lowest BCUT2D eigenvalue weighted by Crippen LogP contribution is -2.31. The van der Waals surface area contributed by atoms with Crippen molar-refractivity contribution in [2.75, 3.05) is 13.2 Å². The lowest BCUT2D eigenvalue weighted by Gasteiger charge is -2.19. The number of carbonyl (C=O) groups is 1. The number of carbonyl (C=O) groups excluding carboxylic acids is 1. The molecular formula is C18H23N3O3. The van der Waals surface area contributed by atoms with E-state index in [4.69, 9.17) is 4.74 Å². The molecule has 2 aromatic rings. The molecular weight excluding hydrogens is 306 g/mol. The molecule has 0 aliphatic heterocycles. The van der Waals surface area contributed by atoms with Crippen molar-refractivity contribution in [3.8, 4) is 5.75 Å². The van der Waals surface area contributed by atoms with E-state index in [1.165, 1.54) is 24.7 Å². The minimum absolute atomic E-state index is 0.106. The first kappa shape index (κ1) is 17.7. The highest BCUT2D eigenvalue weighted by atomic mass is 16.5. The third-order valence-corrected chi connectivity index (χ3v) is 3.57. The van der Waals surface area contributed by atoms with Crippen LogP contribution in [0, 0.1) is 0 Å². The molecule has 0 radical (unpaired) electrons. The maximum absolute atomic E-state index is 11.9. The Bertz CT molecular complexity index is 758. The average molecular weight is 329 g/mol. The van der Waals surface area contributed by atoms with E-state index in [1.54, 1.807) is 0 Å². The summed E-state index contributed by atoms with van der Waals surface area (Å²) in [6, 6.07) is 10.7. The standard InChI is InChI=1S/C18H23N3O3/c1-18(2,3)13-5-7-14(8-6-13)24-12-11-19-17(23)15-9-10-16(22)21(4)20-15/h5-10H,11-12H2,1-4H3,(H,19,23). The van der Waals surface area contributed by atoms with Crippen molar-refractivity contribution >= 4 is 5.91 Å². The largest absolute Gasteiger partial charge is 0.492 e. The number of ether oxygens (including phenoxy) is 1. The molecule has 1 heterocycles. The van der Waals surface area contributed by atoms with E-state index in [9.17, 15) is 9.59 Å². The van der Waals surface area contributed by atoms with Crippen LogP contribution in [-0.4, -0.2) is 28.8 Å². The first-order chi connectivity index (χ1) is 11.3. The number of hydrogen-bond acceptors (Lipinski definition) is 4. The van der Waals surface area contributed by atoms with Gasteiger partial charge in [-0.05, 0) is 29.2 Å². The zero-order chi connectivity index (χ0) is 17.7. The fraction of sp³-hybridized carbons (Fsp3) is 0.389. The topological polar surface area (TPSA) is 73.2 Å². The number of nitrogens with one attached hydrogen (secondary N) is 1. The second kappa shape index (κ2) is 7.29. The van der Waals surface area contributed by atoms with Crippen molar-refractivity contribution < 1.29 is 9.53 Å². The van der Waals surface area contributed by atoms with Gasteiger partial charge >= 0.3 is 0 Å². The Balaban J connectivity index is 1.81. The predicted molar refractivity (Wildman–Crippen MR) is 92.4 cm³/mol. The molecule has 0 aliphatic carbocycles. The highest BCUT2D eigenvalue weighted by Crippen LogP contribution is 2.24. The molecule has 0 aliphatic rings. The summed E-state index contributed by atoms with van der Waals surface area (Å²) in [6.45, 7) is 7.18. The maximum Gasteiger partial charge on any atom is 0.271 e. The van der Waals surface area contributed by atoms with Gasteiger partial charge in [0.2, 0.25) is 0 Å². The van der Waals surface area contributed by atoms with Crippen LogP contribution in [0.5, 0.6) is 5.75 Å². The van der Waals surface area contributed by atoms with E-state index in [-0.39, 0.29) is 22.6 Å². The molecule has 0 unspecified atom stereocenters. The Hall–Kier alpha value is -2.63. The van der Waals surface area contributed by atoms with Gasteiger partial charge in [0, 0.05) is 13.1 Å². The molecule has 128 valence electrons. The van der Waals surface area contributed by atoms with Crippen LogP contribution in [0.1, 0.15) is 36.8 Å². The average Bonchev–Trinajstić information content (AvgIpc) is 2.53. The van der Waals surface area contributed by atoms with Crippen molar-refractivity contribution in [3.63, 3.8) is 0 Å². The van der Waals surface area contributed by atoms with Crippen LogP contribution in [0.15, 0.2) is 41.2 Å². The van der Waals surface area contributed by atoms with Gasteiger partial charge in [0.05, 0.1) is 6.54 Å². The summed E-state index contributed by atoms with van der Waals surface area (Å²) in [5.41, 5.74) is 1.29. The molecule has 0 bridgehead atoms. The summed E-state index contributed by atoms with van der Waals surface area (Å²) < 4.78 is 6.74. The molecule has 0 atom stereocenters. The van der Waals surface area contributed by atoms with E-state index in [2.05, 4.69) is 31.2 Å². The van der Waals surface area contributed by atoms with Crippen molar-refractivity contribution in [3.05, 3.63) is 58.0 Å². The Kier molecular flexibility index (Phi) is 5.39. The van der Waals surface area contributed by atoms with Gasteiger partial charge in [0.15, 0.2) is 0 Å². The second-order valence-electron chi connectivity index (χ2n) is 6.56. The van der Waals surface area contributed by atoms with E-state index in [1.807, 2.05) is 24.3 Å². The Morgan fingerprint density at radius 2 is 1.83 bits per heavy atom. The van der Waals surface area contributed by atoms with Crippen LogP contribution in [0.3, 0.4) is 0 Å². The maximum atomic E-state index is 11.9. The Morgan fingerprint density at radius 3 is 2.42 bits per heavy atom. The van der Waals surface area contributed by atoms with Gasteiger partial charge in [-0.25, -0.2) is 4.68 Å². The number of benzene rings is 1. The Morgan fingerprint density at radius 1 is 1.17 bits per heavy atom.